The minimum atomic E-state index is -4.18. The number of ether oxygens (including phenoxy) is 2. The molecule has 2 aromatic rings. The van der Waals surface area contributed by atoms with E-state index in [0.717, 1.165) is 35.7 Å². The van der Waals surface area contributed by atoms with Gasteiger partial charge in [-0.15, -0.1) is 11.8 Å². The van der Waals surface area contributed by atoms with Gasteiger partial charge in [-0.2, -0.15) is 8.42 Å². The number of benzene rings is 2. The Kier molecular flexibility index (Phi) is 9.30. The van der Waals surface area contributed by atoms with Gasteiger partial charge in [0.1, 0.15) is 17.3 Å². The summed E-state index contributed by atoms with van der Waals surface area (Å²) in [6.07, 6.45) is 3.10. The van der Waals surface area contributed by atoms with Crippen molar-refractivity contribution in [1.82, 2.24) is 0 Å². The minimum absolute atomic E-state index is 0.0433. The monoisotopic (exact) mass is 438 g/mol. The molecule has 0 amide bonds. The Balaban J connectivity index is 1.65. The summed E-state index contributed by atoms with van der Waals surface area (Å²) in [6, 6.07) is 14.9. The molecule has 0 aliphatic carbocycles. The SMILES string of the molecule is COc1ccccc1SCCCCCOc1ccc(C(N)=NCS(=O)(=O)O)cc1. The largest absolute Gasteiger partial charge is 0.496 e. The van der Waals surface area contributed by atoms with Gasteiger partial charge < -0.3 is 15.2 Å². The van der Waals surface area contributed by atoms with Gasteiger partial charge in [-0.25, -0.2) is 4.99 Å². The minimum Gasteiger partial charge on any atom is -0.496 e. The van der Waals surface area contributed by atoms with E-state index in [-0.39, 0.29) is 5.84 Å². The van der Waals surface area contributed by atoms with Crippen molar-refractivity contribution in [3.05, 3.63) is 54.1 Å². The molecule has 0 aromatic heterocycles. The molecule has 0 atom stereocenters. The third-order valence-corrected chi connectivity index (χ3v) is 5.53. The molecule has 0 saturated heterocycles. The second-order valence-corrected chi connectivity index (χ2v) is 8.75. The molecule has 3 N–H and O–H groups in total. The number of amidine groups is 1. The number of para-hydroxylation sites is 1. The molecule has 29 heavy (non-hydrogen) atoms. The third-order valence-electron chi connectivity index (χ3n) is 3.93. The molecular formula is C20H26N2O5S2. The number of thioether (sulfide) groups is 1. The Morgan fingerprint density at radius 2 is 1.83 bits per heavy atom. The van der Waals surface area contributed by atoms with Gasteiger partial charge in [0, 0.05) is 10.5 Å². The number of nitrogens with two attached hydrogens (primary N) is 1. The number of hydrogen-bond donors (Lipinski definition) is 2. The van der Waals surface area contributed by atoms with Gasteiger partial charge in [0.05, 0.1) is 13.7 Å². The van der Waals surface area contributed by atoms with Gasteiger partial charge in [0.25, 0.3) is 10.1 Å². The summed E-state index contributed by atoms with van der Waals surface area (Å²) in [4.78, 5) is 4.80. The fourth-order valence-electron chi connectivity index (χ4n) is 2.46. The van der Waals surface area contributed by atoms with Crippen LogP contribution in [0.3, 0.4) is 0 Å². The summed E-state index contributed by atoms with van der Waals surface area (Å²) < 4.78 is 41.2. The molecule has 0 fully saturated rings. The maximum Gasteiger partial charge on any atom is 0.285 e. The first kappa shape index (κ1) is 23.1. The summed E-state index contributed by atoms with van der Waals surface area (Å²) in [5, 5.41) is 0. The van der Waals surface area contributed by atoms with Crippen LogP contribution in [0, 0.1) is 0 Å². The van der Waals surface area contributed by atoms with Crippen LogP contribution in [0.2, 0.25) is 0 Å². The predicted octanol–water partition coefficient (Wildman–Crippen LogP) is 3.59. The summed E-state index contributed by atoms with van der Waals surface area (Å²) in [5.41, 5.74) is 6.27. The van der Waals surface area contributed by atoms with Gasteiger partial charge in [-0.3, -0.25) is 4.55 Å². The van der Waals surface area contributed by atoms with E-state index in [4.69, 9.17) is 19.8 Å². The van der Waals surface area contributed by atoms with Crippen LogP contribution in [0.4, 0.5) is 0 Å². The van der Waals surface area contributed by atoms with Gasteiger partial charge in [0.2, 0.25) is 0 Å². The fourth-order valence-corrected chi connectivity index (χ4v) is 3.79. The molecule has 0 bridgehead atoms. The Labute approximate surface area is 176 Å². The van der Waals surface area contributed by atoms with Crippen molar-refractivity contribution in [2.45, 2.75) is 24.2 Å². The van der Waals surface area contributed by atoms with E-state index >= 15 is 0 Å². The van der Waals surface area contributed by atoms with Crippen LogP contribution >= 0.6 is 11.8 Å². The summed E-state index contributed by atoms with van der Waals surface area (Å²) in [5.74, 6) is 1.93. The van der Waals surface area contributed by atoms with Crippen molar-refractivity contribution in [3.8, 4) is 11.5 Å². The van der Waals surface area contributed by atoms with Crippen molar-refractivity contribution in [3.63, 3.8) is 0 Å². The maximum atomic E-state index is 10.7. The zero-order valence-corrected chi connectivity index (χ0v) is 17.9. The van der Waals surface area contributed by atoms with E-state index in [1.165, 1.54) is 0 Å². The van der Waals surface area contributed by atoms with E-state index in [0.29, 0.717) is 17.9 Å². The lowest BCUT2D eigenvalue weighted by atomic mass is 10.2. The van der Waals surface area contributed by atoms with E-state index in [1.54, 1.807) is 43.1 Å². The van der Waals surface area contributed by atoms with Crippen LogP contribution in [-0.2, 0) is 10.1 Å². The number of hydrogen-bond acceptors (Lipinski definition) is 6. The number of aliphatic imine (C=N–C) groups is 1. The van der Waals surface area contributed by atoms with Crippen molar-refractivity contribution >= 4 is 27.7 Å². The Bertz CT molecular complexity index is 899. The third kappa shape index (κ3) is 8.76. The number of unbranched alkanes of at least 4 members (excludes halogenated alkanes) is 2. The summed E-state index contributed by atoms with van der Waals surface area (Å²) in [6.45, 7) is 0.616. The van der Waals surface area contributed by atoms with Crippen molar-refractivity contribution < 1.29 is 22.4 Å². The highest BCUT2D eigenvalue weighted by Crippen LogP contribution is 2.29. The number of nitrogens with zero attached hydrogens (tertiary/aromatic N) is 1. The first-order valence-electron chi connectivity index (χ1n) is 9.13. The quantitative estimate of drug-likeness (QED) is 0.171. The molecule has 0 saturated carbocycles. The van der Waals surface area contributed by atoms with Crippen LogP contribution in [0.1, 0.15) is 24.8 Å². The molecule has 0 aliphatic heterocycles. The highest BCUT2D eigenvalue weighted by atomic mass is 32.2. The molecule has 0 radical (unpaired) electrons. The predicted molar refractivity (Wildman–Crippen MR) is 117 cm³/mol. The second kappa shape index (κ2) is 11.7. The average molecular weight is 439 g/mol. The molecule has 158 valence electrons. The Hall–Kier alpha value is -2.23. The molecule has 2 aromatic carbocycles. The second-order valence-electron chi connectivity index (χ2n) is 6.19. The first-order valence-corrected chi connectivity index (χ1v) is 11.7. The standard InChI is InChI=1S/C20H26N2O5S2/c1-26-18-7-3-4-8-19(18)28-14-6-2-5-13-27-17-11-9-16(10-12-17)20(21)22-15-29(23,24)25/h3-4,7-12H,2,5-6,13-15H2,1H3,(H2,21,22)(H,23,24,25). The normalized spacial score (nSPS) is 12.0. The van der Waals surface area contributed by atoms with Crippen molar-refractivity contribution in [1.29, 1.82) is 0 Å². The van der Waals surface area contributed by atoms with Crippen LogP contribution in [0.15, 0.2) is 58.4 Å². The molecule has 2 rings (SSSR count). The van der Waals surface area contributed by atoms with Gasteiger partial charge in [-0.1, -0.05) is 12.1 Å². The summed E-state index contributed by atoms with van der Waals surface area (Å²) >= 11 is 1.79. The lowest BCUT2D eigenvalue weighted by Gasteiger charge is -2.08. The lowest BCUT2D eigenvalue weighted by molar-refractivity contribution is 0.306. The molecular weight excluding hydrogens is 412 g/mol. The summed E-state index contributed by atoms with van der Waals surface area (Å²) in [7, 11) is -2.49. The van der Waals surface area contributed by atoms with Gasteiger partial charge in [0.15, 0.2) is 5.88 Å². The zero-order chi connectivity index (χ0) is 21.1. The van der Waals surface area contributed by atoms with Crippen LogP contribution in [0.5, 0.6) is 11.5 Å². The maximum absolute atomic E-state index is 10.7. The molecule has 7 nitrogen and oxygen atoms in total. The van der Waals surface area contributed by atoms with E-state index in [9.17, 15) is 8.42 Å². The smallest absolute Gasteiger partial charge is 0.285 e. The highest BCUT2D eigenvalue weighted by Gasteiger charge is 2.05. The Morgan fingerprint density at radius 3 is 2.52 bits per heavy atom. The zero-order valence-electron chi connectivity index (χ0n) is 16.3. The topological polar surface area (TPSA) is 111 Å². The van der Waals surface area contributed by atoms with Crippen molar-refractivity contribution in [2.24, 2.45) is 10.7 Å². The molecule has 0 spiro atoms. The molecule has 0 unspecified atom stereocenters. The first-order chi connectivity index (χ1) is 13.9. The highest BCUT2D eigenvalue weighted by molar-refractivity contribution is 7.99. The number of rotatable bonds is 12. The van der Waals surface area contributed by atoms with Crippen molar-refractivity contribution in [2.75, 3.05) is 25.3 Å². The van der Waals surface area contributed by atoms with Crippen LogP contribution < -0.4 is 15.2 Å². The van der Waals surface area contributed by atoms with E-state index < -0.39 is 16.0 Å². The average Bonchev–Trinajstić information content (AvgIpc) is 2.71. The lowest BCUT2D eigenvalue weighted by Crippen LogP contribution is -2.16. The molecule has 0 aliphatic rings. The molecule has 0 heterocycles. The van der Waals surface area contributed by atoms with Crippen LogP contribution in [0.25, 0.3) is 0 Å². The van der Waals surface area contributed by atoms with Gasteiger partial charge >= 0.3 is 0 Å². The molecule has 9 heteroatoms. The Morgan fingerprint density at radius 1 is 1.10 bits per heavy atom. The van der Waals surface area contributed by atoms with E-state index in [2.05, 4.69) is 11.1 Å². The van der Waals surface area contributed by atoms with E-state index in [1.807, 2.05) is 18.2 Å². The number of methoxy groups -OCH3 is 1. The van der Waals surface area contributed by atoms with Gasteiger partial charge in [-0.05, 0) is 61.4 Å². The van der Waals surface area contributed by atoms with Crippen LogP contribution in [-0.4, -0.2) is 44.2 Å². The fraction of sp³-hybridized carbons (Fsp3) is 0.350.